The second kappa shape index (κ2) is 26.2. The van der Waals surface area contributed by atoms with E-state index in [1.165, 1.54) is 77.0 Å². The van der Waals surface area contributed by atoms with Gasteiger partial charge >= 0.3 is 11.9 Å². The first-order chi connectivity index (χ1) is 18.2. The molecule has 0 amide bonds. The van der Waals surface area contributed by atoms with Gasteiger partial charge < -0.3 is 9.47 Å². The van der Waals surface area contributed by atoms with E-state index >= 15 is 0 Å². The topological polar surface area (TPSA) is 52.6 Å². The Morgan fingerprint density at radius 3 is 1.05 bits per heavy atom. The highest BCUT2D eigenvalue weighted by atomic mass is 16.5. The van der Waals surface area contributed by atoms with E-state index in [0.717, 1.165) is 50.4 Å². The number of hydrogen-bond donors (Lipinski definition) is 0. The molecule has 0 rings (SSSR count). The monoisotopic (exact) mass is 538 g/mol. The van der Waals surface area contributed by atoms with E-state index in [0.29, 0.717) is 37.9 Å². The lowest BCUT2D eigenvalue weighted by atomic mass is 9.98. The lowest BCUT2D eigenvalue weighted by Crippen LogP contribution is -2.08. The fourth-order valence-corrected chi connectivity index (χ4v) is 4.88. The zero-order chi connectivity index (χ0) is 28.4. The van der Waals surface area contributed by atoms with E-state index in [9.17, 15) is 9.59 Å². The van der Waals surface area contributed by atoms with Crippen LogP contribution in [0.15, 0.2) is 0 Å². The van der Waals surface area contributed by atoms with Crippen LogP contribution in [0.2, 0.25) is 0 Å². The molecule has 0 spiro atoms. The van der Waals surface area contributed by atoms with Crippen molar-refractivity contribution in [1.82, 2.24) is 0 Å². The van der Waals surface area contributed by atoms with Gasteiger partial charge in [0.05, 0.1) is 13.2 Å². The van der Waals surface area contributed by atoms with Gasteiger partial charge in [-0.25, -0.2) is 0 Å². The predicted molar refractivity (Wildman–Crippen MR) is 162 cm³/mol. The van der Waals surface area contributed by atoms with E-state index < -0.39 is 0 Å². The van der Waals surface area contributed by atoms with Crippen LogP contribution in [0.3, 0.4) is 0 Å². The summed E-state index contributed by atoms with van der Waals surface area (Å²) in [5.41, 5.74) is 0. The molecule has 0 N–H and O–H groups in total. The second-order valence-electron chi connectivity index (χ2n) is 12.9. The second-order valence-corrected chi connectivity index (χ2v) is 12.9. The van der Waals surface area contributed by atoms with Gasteiger partial charge in [-0.05, 0) is 49.4 Å². The molecule has 0 radical (unpaired) electrons. The third-order valence-corrected chi connectivity index (χ3v) is 7.72. The maximum atomic E-state index is 11.9. The molecule has 0 aromatic carbocycles. The number of carbonyl (C=O) groups is 2. The molecule has 0 aromatic rings. The number of unbranched alkanes of at least 4 members (excludes halogenated alkanes) is 9. The van der Waals surface area contributed by atoms with E-state index in [2.05, 4.69) is 41.5 Å². The average Bonchev–Trinajstić information content (AvgIpc) is 2.84. The standard InChI is InChI=1S/C34H66O4/c1-29(2)19-17-21-31(5)25-27-37-33(35)23-15-13-11-9-7-8-10-12-14-16-24-34(36)38-28-26-32(6)22-18-20-30(3)4/h29-32H,7-28H2,1-6H3. The first-order valence-electron chi connectivity index (χ1n) is 16.5. The van der Waals surface area contributed by atoms with Crippen LogP contribution in [0.25, 0.3) is 0 Å². The van der Waals surface area contributed by atoms with Crippen LogP contribution in [-0.4, -0.2) is 25.2 Å². The van der Waals surface area contributed by atoms with Crippen LogP contribution in [0, 0.1) is 23.7 Å². The van der Waals surface area contributed by atoms with Crippen LogP contribution in [0.5, 0.6) is 0 Å². The van der Waals surface area contributed by atoms with E-state index in [4.69, 9.17) is 9.47 Å². The molecular formula is C34H66O4. The summed E-state index contributed by atoms with van der Waals surface area (Å²) in [5, 5.41) is 0. The summed E-state index contributed by atoms with van der Waals surface area (Å²) in [5.74, 6) is 2.81. The van der Waals surface area contributed by atoms with Gasteiger partial charge in [-0.15, -0.1) is 0 Å². The minimum Gasteiger partial charge on any atom is -0.466 e. The summed E-state index contributed by atoms with van der Waals surface area (Å²) in [6.07, 6.45) is 22.4. The number of ether oxygens (including phenoxy) is 2. The van der Waals surface area contributed by atoms with Crippen LogP contribution >= 0.6 is 0 Å². The number of carbonyl (C=O) groups excluding carboxylic acids is 2. The highest BCUT2D eigenvalue weighted by Gasteiger charge is 2.08. The van der Waals surface area contributed by atoms with Gasteiger partial charge in [0, 0.05) is 12.8 Å². The van der Waals surface area contributed by atoms with Crippen molar-refractivity contribution in [3.05, 3.63) is 0 Å². The molecule has 38 heavy (non-hydrogen) atoms. The molecule has 0 saturated heterocycles. The molecule has 0 aliphatic carbocycles. The molecule has 0 bridgehead atoms. The van der Waals surface area contributed by atoms with Crippen LogP contribution in [0.4, 0.5) is 0 Å². The molecule has 0 aliphatic heterocycles. The lowest BCUT2D eigenvalue weighted by molar-refractivity contribution is -0.145. The van der Waals surface area contributed by atoms with Crippen LogP contribution in [0.1, 0.15) is 170 Å². The Hall–Kier alpha value is -1.06. The molecule has 4 nitrogen and oxygen atoms in total. The van der Waals surface area contributed by atoms with Crippen molar-refractivity contribution in [3.8, 4) is 0 Å². The molecule has 0 fully saturated rings. The summed E-state index contributed by atoms with van der Waals surface area (Å²) >= 11 is 0. The number of esters is 2. The van der Waals surface area contributed by atoms with Crippen LogP contribution in [-0.2, 0) is 19.1 Å². The Morgan fingerprint density at radius 1 is 0.421 bits per heavy atom. The molecule has 0 heterocycles. The fourth-order valence-electron chi connectivity index (χ4n) is 4.88. The maximum absolute atomic E-state index is 11.9. The number of hydrogen-bond acceptors (Lipinski definition) is 4. The molecule has 0 aromatic heterocycles. The zero-order valence-electron chi connectivity index (χ0n) is 26.5. The predicted octanol–water partition coefficient (Wildman–Crippen LogP) is 10.5. The van der Waals surface area contributed by atoms with Gasteiger partial charge in [0.1, 0.15) is 0 Å². The van der Waals surface area contributed by atoms with Gasteiger partial charge in [-0.2, -0.15) is 0 Å². The quantitative estimate of drug-likeness (QED) is 0.0771. The normalized spacial score (nSPS) is 13.2. The Labute approximate surface area is 237 Å². The largest absolute Gasteiger partial charge is 0.466 e. The lowest BCUT2D eigenvalue weighted by Gasteiger charge is -2.12. The zero-order valence-corrected chi connectivity index (χ0v) is 26.5. The SMILES string of the molecule is CC(C)CCCC(C)CCOC(=O)CCCCCCCCCCCCC(=O)OCCC(C)CCCC(C)C. The minimum absolute atomic E-state index is 0.0186. The highest BCUT2D eigenvalue weighted by Crippen LogP contribution is 2.17. The summed E-state index contributed by atoms with van der Waals surface area (Å²) in [4.78, 5) is 23.8. The Kier molecular flexibility index (Phi) is 25.4. The van der Waals surface area contributed by atoms with Crippen molar-refractivity contribution in [2.24, 2.45) is 23.7 Å². The first-order valence-corrected chi connectivity index (χ1v) is 16.5. The number of rotatable bonds is 27. The third-order valence-electron chi connectivity index (χ3n) is 7.72. The summed E-state index contributed by atoms with van der Waals surface area (Å²) in [6, 6.07) is 0. The van der Waals surface area contributed by atoms with Gasteiger partial charge in [-0.1, -0.05) is 131 Å². The Morgan fingerprint density at radius 2 is 0.737 bits per heavy atom. The maximum Gasteiger partial charge on any atom is 0.305 e. The summed E-state index contributed by atoms with van der Waals surface area (Å²) < 4.78 is 10.9. The average molecular weight is 539 g/mol. The van der Waals surface area contributed by atoms with Crippen molar-refractivity contribution >= 4 is 11.9 Å². The molecule has 2 atom stereocenters. The Balaban J connectivity index is 3.38. The van der Waals surface area contributed by atoms with Gasteiger partial charge in [0.25, 0.3) is 0 Å². The highest BCUT2D eigenvalue weighted by molar-refractivity contribution is 5.69. The van der Waals surface area contributed by atoms with E-state index in [1.54, 1.807) is 0 Å². The third kappa shape index (κ3) is 28.0. The van der Waals surface area contributed by atoms with Gasteiger partial charge in [-0.3, -0.25) is 9.59 Å². The molecule has 2 unspecified atom stereocenters. The first kappa shape index (κ1) is 36.9. The van der Waals surface area contributed by atoms with Crippen molar-refractivity contribution in [2.45, 2.75) is 170 Å². The Bertz CT molecular complexity index is 495. The van der Waals surface area contributed by atoms with Gasteiger partial charge in [0.2, 0.25) is 0 Å². The van der Waals surface area contributed by atoms with Gasteiger partial charge in [0.15, 0.2) is 0 Å². The van der Waals surface area contributed by atoms with Crippen molar-refractivity contribution in [1.29, 1.82) is 0 Å². The molecule has 0 saturated carbocycles. The summed E-state index contributed by atoms with van der Waals surface area (Å²) in [6.45, 7) is 14.8. The smallest absolute Gasteiger partial charge is 0.305 e. The van der Waals surface area contributed by atoms with E-state index in [1.807, 2.05) is 0 Å². The van der Waals surface area contributed by atoms with E-state index in [-0.39, 0.29) is 11.9 Å². The minimum atomic E-state index is -0.0186. The van der Waals surface area contributed by atoms with Crippen molar-refractivity contribution in [2.75, 3.05) is 13.2 Å². The van der Waals surface area contributed by atoms with Crippen molar-refractivity contribution < 1.29 is 19.1 Å². The molecule has 226 valence electrons. The molecular weight excluding hydrogens is 472 g/mol. The van der Waals surface area contributed by atoms with Crippen molar-refractivity contribution in [3.63, 3.8) is 0 Å². The van der Waals surface area contributed by atoms with Crippen LogP contribution < -0.4 is 0 Å². The fraction of sp³-hybridized carbons (Fsp3) is 0.941. The summed E-state index contributed by atoms with van der Waals surface area (Å²) in [7, 11) is 0. The molecule has 4 heteroatoms. The molecule has 0 aliphatic rings.